The second-order valence-electron chi connectivity index (χ2n) is 4.12. The molecular formula is C12H11N6+. The van der Waals surface area contributed by atoms with Crippen molar-refractivity contribution in [1.82, 2.24) is 24.8 Å². The number of quaternary nitrogens is 1. The standard InChI is InChI=1S/C12H10N6/c1-2-10-15-12(9-18(10)14-3-1)17-7-6-16-5-4-13-11(16)8-17/h1-9,13H/p+1. The van der Waals surface area contributed by atoms with E-state index in [0.29, 0.717) is 0 Å². The topological polar surface area (TPSA) is 49.9 Å². The van der Waals surface area contributed by atoms with Gasteiger partial charge in [-0.25, -0.2) is 9.42 Å². The lowest BCUT2D eigenvalue weighted by Gasteiger charge is -2.18. The van der Waals surface area contributed by atoms with Gasteiger partial charge in [-0.05, 0) is 12.1 Å². The summed E-state index contributed by atoms with van der Waals surface area (Å²) in [4.78, 5) is 7.65. The van der Waals surface area contributed by atoms with Crippen molar-refractivity contribution in [2.75, 3.05) is 0 Å². The van der Waals surface area contributed by atoms with Gasteiger partial charge >= 0.3 is 0 Å². The molecule has 2 N–H and O–H groups in total. The molecule has 0 bridgehead atoms. The predicted octanol–water partition coefficient (Wildman–Crippen LogP) is -0.0942. The van der Waals surface area contributed by atoms with Gasteiger partial charge in [0.2, 0.25) is 0 Å². The average molecular weight is 239 g/mol. The molecule has 0 fully saturated rings. The number of aromatic nitrogens is 3. The third-order valence-electron chi connectivity index (χ3n) is 2.98. The van der Waals surface area contributed by atoms with Crippen LogP contribution in [0.2, 0.25) is 0 Å². The van der Waals surface area contributed by atoms with Gasteiger partial charge in [-0.3, -0.25) is 4.90 Å². The van der Waals surface area contributed by atoms with E-state index in [1.807, 2.05) is 48.0 Å². The molecular weight excluding hydrogens is 228 g/mol. The van der Waals surface area contributed by atoms with E-state index in [1.165, 1.54) is 0 Å². The van der Waals surface area contributed by atoms with E-state index in [9.17, 15) is 0 Å². The van der Waals surface area contributed by atoms with Crippen molar-refractivity contribution in [1.29, 1.82) is 0 Å². The second-order valence-corrected chi connectivity index (χ2v) is 4.12. The van der Waals surface area contributed by atoms with Crippen LogP contribution in [0.4, 0.5) is 5.82 Å². The number of fused-ring (bicyclic) bond motifs is 2. The molecule has 2 aromatic heterocycles. The summed E-state index contributed by atoms with van der Waals surface area (Å²) in [5.74, 6) is 1.96. The van der Waals surface area contributed by atoms with Gasteiger partial charge in [0.1, 0.15) is 18.6 Å². The molecule has 2 aliphatic rings. The van der Waals surface area contributed by atoms with Crippen LogP contribution in [0.25, 0.3) is 5.65 Å². The van der Waals surface area contributed by atoms with Crippen LogP contribution in [0.1, 0.15) is 0 Å². The Labute approximate surface area is 103 Å². The molecule has 2 aromatic rings. The number of nitrogens with one attached hydrogen (secondary N) is 2. The lowest BCUT2D eigenvalue weighted by Crippen LogP contribution is -2.98. The van der Waals surface area contributed by atoms with E-state index in [0.717, 1.165) is 22.2 Å². The molecule has 1 atom stereocenters. The predicted molar refractivity (Wildman–Crippen MR) is 64.9 cm³/mol. The fourth-order valence-corrected chi connectivity index (χ4v) is 2.09. The molecule has 0 aliphatic carbocycles. The van der Waals surface area contributed by atoms with Gasteiger partial charge in [0.25, 0.3) is 5.82 Å². The summed E-state index contributed by atoms with van der Waals surface area (Å²) in [5.41, 5.74) is 0.853. The van der Waals surface area contributed by atoms with Crippen molar-refractivity contribution in [2.24, 2.45) is 0 Å². The molecule has 0 saturated carbocycles. The maximum atomic E-state index is 4.55. The first-order valence-electron chi connectivity index (χ1n) is 5.69. The fourth-order valence-electron chi connectivity index (χ4n) is 2.09. The number of hydrogen-bond donors (Lipinski definition) is 2. The highest BCUT2D eigenvalue weighted by molar-refractivity contribution is 5.41. The highest BCUT2D eigenvalue weighted by Gasteiger charge is 2.21. The number of imidazole rings is 1. The first kappa shape index (κ1) is 9.43. The molecule has 0 saturated heterocycles. The van der Waals surface area contributed by atoms with Crippen molar-refractivity contribution in [3.05, 3.63) is 61.3 Å². The Morgan fingerprint density at radius 1 is 1.28 bits per heavy atom. The normalized spacial score (nSPS) is 21.0. The van der Waals surface area contributed by atoms with Crippen LogP contribution in [0, 0.1) is 0 Å². The van der Waals surface area contributed by atoms with E-state index in [4.69, 9.17) is 0 Å². The van der Waals surface area contributed by atoms with Gasteiger partial charge in [-0.15, -0.1) is 0 Å². The molecule has 0 amide bonds. The average Bonchev–Trinajstić information content (AvgIpc) is 3.04. The molecule has 4 rings (SSSR count). The van der Waals surface area contributed by atoms with Gasteiger partial charge in [-0.1, -0.05) is 0 Å². The molecule has 2 aliphatic heterocycles. The molecule has 6 heteroatoms. The zero-order valence-corrected chi connectivity index (χ0v) is 9.49. The highest BCUT2D eigenvalue weighted by Crippen LogP contribution is 2.11. The van der Waals surface area contributed by atoms with Gasteiger partial charge < -0.3 is 5.32 Å². The number of nitrogens with zero attached hydrogens (tertiary/aromatic N) is 4. The minimum atomic E-state index is 0.853. The van der Waals surface area contributed by atoms with Crippen LogP contribution in [-0.4, -0.2) is 19.5 Å². The summed E-state index contributed by atoms with van der Waals surface area (Å²) in [6.45, 7) is 0. The van der Waals surface area contributed by atoms with Crippen molar-refractivity contribution >= 4 is 11.5 Å². The Bertz CT molecular complexity index is 662. The summed E-state index contributed by atoms with van der Waals surface area (Å²) in [7, 11) is 0. The third kappa shape index (κ3) is 1.33. The molecule has 0 aromatic carbocycles. The lowest BCUT2D eigenvalue weighted by atomic mass is 10.5. The van der Waals surface area contributed by atoms with Crippen LogP contribution < -0.4 is 10.2 Å². The first-order chi connectivity index (χ1) is 8.90. The first-order valence-corrected chi connectivity index (χ1v) is 5.69. The summed E-state index contributed by atoms with van der Waals surface area (Å²) >= 11 is 0. The Hall–Kier alpha value is -2.60. The lowest BCUT2D eigenvalue weighted by molar-refractivity contribution is -0.719. The van der Waals surface area contributed by atoms with E-state index >= 15 is 0 Å². The molecule has 88 valence electrons. The van der Waals surface area contributed by atoms with Crippen molar-refractivity contribution in [3.8, 4) is 0 Å². The van der Waals surface area contributed by atoms with Crippen LogP contribution in [0.3, 0.4) is 0 Å². The second kappa shape index (κ2) is 3.44. The van der Waals surface area contributed by atoms with E-state index in [2.05, 4.69) is 21.6 Å². The zero-order valence-electron chi connectivity index (χ0n) is 9.49. The minimum absolute atomic E-state index is 0.853. The summed E-state index contributed by atoms with van der Waals surface area (Å²) < 4.78 is 1.78. The maximum Gasteiger partial charge on any atom is 0.256 e. The van der Waals surface area contributed by atoms with Gasteiger partial charge in [0.15, 0.2) is 11.5 Å². The largest absolute Gasteiger partial charge is 0.342 e. The smallest absolute Gasteiger partial charge is 0.256 e. The van der Waals surface area contributed by atoms with Gasteiger partial charge in [0.05, 0.1) is 6.20 Å². The van der Waals surface area contributed by atoms with Gasteiger partial charge in [-0.2, -0.15) is 10.1 Å². The number of rotatable bonds is 1. The van der Waals surface area contributed by atoms with Crippen molar-refractivity contribution in [2.45, 2.75) is 0 Å². The summed E-state index contributed by atoms with van der Waals surface area (Å²) in [6.07, 6.45) is 13.7. The van der Waals surface area contributed by atoms with E-state index < -0.39 is 0 Å². The molecule has 6 nitrogen and oxygen atoms in total. The van der Waals surface area contributed by atoms with Crippen molar-refractivity contribution < 1.29 is 4.90 Å². The third-order valence-corrected chi connectivity index (χ3v) is 2.98. The van der Waals surface area contributed by atoms with Crippen LogP contribution >= 0.6 is 0 Å². The highest BCUT2D eigenvalue weighted by atomic mass is 15.3. The van der Waals surface area contributed by atoms with Crippen LogP contribution in [0.5, 0.6) is 0 Å². The molecule has 4 heterocycles. The fraction of sp³-hybridized carbons (Fsp3) is 0. The van der Waals surface area contributed by atoms with Gasteiger partial charge in [0, 0.05) is 18.6 Å². The maximum absolute atomic E-state index is 4.55. The SMILES string of the molecule is C1=CN2C=C[NH+](c3cn4ncccc4n3)C=C2N1. The zero-order chi connectivity index (χ0) is 11.9. The Kier molecular flexibility index (Phi) is 1.80. The Morgan fingerprint density at radius 2 is 2.28 bits per heavy atom. The van der Waals surface area contributed by atoms with Crippen LogP contribution in [-0.2, 0) is 0 Å². The minimum Gasteiger partial charge on any atom is -0.342 e. The Morgan fingerprint density at radius 3 is 3.22 bits per heavy atom. The van der Waals surface area contributed by atoms with Crippen molar-refractivity contribution in [3.63, 3.8) is 0 Å². The molecule has 18 heavy (non-hydrogen) atoms. The quantitative estimate of drug-likeness (QED) is 0.730. The summed E-state index contributed by atoms with van der Waals surface area (Å²) in [5, 5.41) is 7.40. The molecule has 0 spiro atoms. The Balaban J connectivity index is 1.75. The van der Waals surface area contributed by atoms with E-state index in [-0.39, 0.29) is 0 Å². The molecule has 0 radical (unpaired) electrons. The monoisotopic (exact) mass is 239 g/mol. The summed E-state index contributed by atoms with van der Waals surface area (Å²) in [6, 6.07) is 3.83. The van der Waals surface area contributed by atoms with E-state index in [1.54, 1.807) is 10.7 Å². The molecule has 1 unspecified atom stereocenters. The van der Waals surface area contributed by atoms with Crippen LogP contribution in [0.15, 0.2) is 61.3 Å². The number of hydrogen-bond acceptors (Lipinski definition) is 4.